The number of rotatable bonds is 7. The van der Waals surface area contributed by atoms with E-state index in [0.717, 1.165) is 56.7 Å². The Morgan fingerprint density at radius 3 is 2.71 bits per heavy atom. The number of hydrogen-bond donors (Lipinski definition) is 1. The summed E-state index contributed by atoms with van der Waals surface area (Å²) in [5.41, 5.74) is 7.24. The first-order valence-electron chi connectivity index (χ1n) is 11.0. The molecular formula is C25H24BN7O. The van der Waals surface area contributed by atoms with Gasteiger partial charge in [-0.2, -0.15) is 5.10 Å². The molecule has 1 aromatic carbocycles. The average Bonchev–Trinajstić information content (AvgIpc) is 3.47. The van der Waals surface area contributed by atoms with Crippen LogP contribution in [0.1, 0.15) is 22.6 Å². The van der Waals surface area contributed by atoms with Crippen molar-refractivity contribution in [2.24, 2.45) is 0 Å². The van der Waals surface area contributed by atoms with Crippen LogP contribution in [0.15, 0.2) is 61.1 Å². The topological polar surface area (TPSA) is 84.2 Å². The highest BCUT2D eigenvalue weighted by Crippen LogP contribution is 2.30. The van der Waals surface area contributed by atoms with Gasteiger partial charge in [0, 0.05) is 30.5 Å². The van der Waals surface area contributed by atoms with Crippen LogP contribution in [0.2, 0.25) is 0 Å². The highest BCUT2D eigenvalue weighted by Gasteiger charge is 2.17. The van der Waals surface area contributed by atoms with Gasteiger partial charge in [0.15, 0.2) is 13.6 Å². The first kappa shape index (κ1) is 21.8. The molecular weight excluding hydrogens is 425 g/mol. The molecule has 0 aliphatic heterocycles. The molecule has 0 atom stereocenters. The van der Waals surface area contributed by atoms with Gasteiger partial charge >= 0.3 is 0 Å². The summed E-state index contributed by atoms with van der Waals surface area (Å²) in [7, 11) is 8.09. The fourth-order valence-electron chi connectivity index (χ4n) is 4.05. The van der Waals surface area contributed by atoms with Crippen LogP contribution in [-0.4, -0.2) is 49.5 Å². The fraction of sp³-hybridized carbons (Fsp3) is 0.200. The van der Waals surface area contributed by atoms with Gasteiger partial charge in [0.05, 0.1) is 24.2 Å². The van der Waals surface area contributed by atoms with Crippen molar-refractivity contribution in [3.63, 3.8) is 0 Å². The van der Waals surface area contributed by atoms with E-state index in [4.69, 9.17) is 22.7 Å². The lowest BCUT2D eigenvalue weighted by Crippen LogP contribution is -2.20. The van der Waals surface area contributed by atoms with Gasteiger partial charge in [0.2, 0.25) is 0 Å². The third-order valence-electron chi connectivity index (χ3n) is 5.79. The average molecular weight is 449 g/mol. The fourth-order valence-corrected chi connectivity index (χ4v) is 4.05. The van der Waals surface area contributed by atoms with E-state index in [0.29, 0.717) is 13.1 Å². The highest BCUT2D eigenvalue weighted by molar-refractivity contribution is 6.04. The molecule has 5 rings (SSSR count). The third-order valence-corrected chi connectivity index (χ3v) is 5.79. The number of imidazole rings is 1. The molecule has 4 heterocycles. The monoisotopic (exact) mass is 449 g/mol. The first-order valence-corrected chi connectivity index (χ1v) is 11.0. The zero-order valence-electron chi connectivity index (χ0n) is 19.4. The number of benzene rings is 1. The highest BCUT2D eigenvalue weighted by atomic mass is 16.5. The van der Waals surface area contributed by atoms with Crippen LogP contribution >= 0.6 is 0 Å². The summed E-state index contributed by atoms with van der Waals surface area (Å²) in [6.07, 6.45) is 3.45. The van der Waals surface area contributed by atoms with Crippen LogP contribution in [0.4, 0.5) is 0 Å². The van der Waals surface area contributed by atoms with Crippen LogP contribution in [0, 0.1) is 13.8 Å². The summed E-state index contributed by atoms with van der Waals surface area (Å²) in [5.74, 6) is 1.59. The first-order chi connectivity index (χ1) is 16.5. The Hall–Kier alpha value is -3.98. The quantitative estimate of drug-likeness (QED) is 0.380. The Kier molecular flexibility index (Phi) is 5.85. The Labute approximate surface area is 199 Å². The van der Waals surface area contributed by atoms with Gasteiger partial charge in [-0.05, 0) is 55.3 Å². The van der Waals surface area contributed by atoms with Crippen LogP contribution in [0.5, 0.6) is 5.75 Å². The molecule has 0 aliphatic carbocycles. The minimum absolute atomic E-state index is 0.432. The van der Waals surface area contributed by atoms with Gasteiger partial charge < -0.3 is 14.5 Å². The number of pyridine rings is 2. The van der Waals surface area contributed by atoms with E-state index < -0.39 is 0 Å². The zero-order chi connectivity index (χ0) is 23.7. The molecule has 0 aliphatic rings. The number of methoxy groups -OCH3 is 1. The Balaban J connectivity index is 1.49. The largest absolute Gasteiger partial charge is 0.496 e. The minimum atomic E-state index is 0.432. The third kappa shape index (κ3) is 4.30. The summed E-state index contributed by atoms with van der Waals surface area (Å²) in [5, 5.41) is 4.26. The van der Waals surface area contributed by atoms with E-state index in [1.165, 1.54) is 6.33 Å². The maximum Gasteiger partial charge on any atom is 0.183 e. The van der Waals surface area contributed by atoms with E-state index in [1.807, 2.05) is 62.5 Å². The number of nitrogens with zero attached hydrogens (tertiary/aromatic N) is 6. The Bertz CT molecular complexity index is 1460. The summed E-state index contributed by atoms with van der Waals surface area (Å²) < 4.78 is 7.17. The molecule has 168 valence electrons. The summed E-state index contributed by atoms with van der Waals surface area (Å²) in [6, 6.07) is 15.8. The van der Waals surface area contributed by atoms with Crippen molar-refractivity contribution in [2.45, 2.75) is 26.9 Å². The second-order valence-corrected chi connectivity index (χ2v) is 8.20. The lowest BCUT2D eigenvalue weighted by Gasteiger charge is -2.18. The van der Waals surface area contributed by atoms with Gasteiger partial charge in [-0.3, -0.25) is 4.98 Å². The molecule has 8 nitrogen and oxygen atoms in total. The van der Waals surface area contributed by atoms with Crippen LogP contribution in [0.25, 0.3) is 28.3 Å². The molecule has 0 fully saturated rings. The van der Waals surface area contributed by atoms with E-state index in [-0.39, 0.29) is 0 Å². The molecule has 5 aromatic rings. The lowest BCUT2D eigenvalue weighted by atomic mass is 10.1. The number of hydrogen-bond acceptors (Lipinski definition) is 6. The SMILES string of the molecule is [B]N(Cc1nc(-c2ccc3ncnn3c2)c(-c2cccc(C)n2)[nH]1)Cc1cccc(OC)c1C. The van der Waals surface area contributed by atoms with E-state index in [9.17, 15) is 0 Å². The van der Waals surface area contributed by atoms with Crippen LogP contribution < -0.4 is 4.74 Å². The van der Waals surface area contributed by atoms with E-state index >= 15 is 0 Å². The number of ether oxygens (including phenoxy) is 1. The number of nitrogens with one attached hydrogen (secondary N) is 1. The van der Waals surface area contributed by atoms with Crippen molar-refractivity contribution in [3.8, 4) is 28.4 Å². The van der Waals surface area contributed by atoms with Crippen molar-refractivity contribution in [2.75, 3.05) is 7.11 Å². The van der Waals surface area contributed by atoms with Gasteiger partial charge in [-0.1, -0.05) is 18.2 Å². The predicted octanol–water partition coefficient (Wildman–Crippen LogP) is 3.89. The van der Waals surface area contributed by atoms with Crippen molar-refractivity contribution < 1.29 is 4.74 Å². The number of fused-ring (bicyclic) bond motifs is 1. The Morgan fingerprint density at radius 2 is 1.88 bits per heavy atom. The van der Waals surface area contributed by atoms with Gasteiger partial charge in [-0.25, -0.2) is 14.5 Å². The summed E-state index contributed by atoms with van der Waals surface area (Å²) in [4.78, 5) is 19.0. The Morgan fingerprint density at radius 1 is 1.03 bits per heavy atom. The van der Waals surface area contributed by atoms with Crippen LogP contribution in [-0.2, 0) is 13.1 Å². The predicted molar refractivity (Wildman–Crippen MR) is 131 cm³/mol. The molecule has 34 heavy (non-hydrogen) atoms. The van der Waals surface area contributed by atoms with Crippen LogP contribution in [0.3, 0.4) is 0 Å². The summed E-state index contributed by atoms with van der Waals surface area (Å²) in [6.45, 7) is 5.00. The molecule has 0 saturated carbocycles. The normalized spacial score (nSPS) is 11.4. The molecule has 0 amide bonds. The lowest BCUT2D eigenvalue weighted by molar-refractivity contribution is 0.405. The maximum atomic E-state index is 6.41. The zero-order valence-corrected chi connectivity index (χ0v) is 19.4. The molecule has 0 spiro atoms. The minimum Gasteiger partial charge on any atom is -0.496 e. The smallest absolute Gasteiger partial charge is 0.183 e. The number of aryl methyl sites for hydroxylation is 1. The molecule has 0 unspecified atom stereocenters. The number of aromatic nitrogens is 6. The maximum absolute atomic E-state index is 6.41. The second kappa shape index (κ2) is 9.11. The van der Waals surface area contributed by atoms with Gasteiger partial charge in [-0.15, -0.1) is 0 Å². The van der Waals surface area contributed by atoms with Gasteiger partial charge in [0.1, 0.15) is 17.9 Å². The molecule has 4 aromatic heterocycles. The molecule has 9 heteroatoms. The van der Waals surface area contributed by atoms with Crippen molar-refractivity contribution in [1.29, 1.82) is 0 Å². The van der Waals surface area contributed by atoms with Crippen molar-refractivity contribution in [3.05, 3.63) is 83.7 Å². The molecule has 2 radical (unpaired) electrons. The van der Waals surface area contributed by atoms with E-state index in [2.05, 4.69) is 21.1 Å². The second-order valence-electron chi connectivity index (χ2n) is 8.20. The number of H-pyrrole nitrogens is 1. The number of aromatic amines is 1. The van der Waals surface area contributed by atoms with E-state index in [1.54, 1.807) is 16.4 Å². The van der Waals surface area contributed by atoms with Crippen molar-refractivity contribution in [1.82, 2.24) is 34.4 Å². The molecule has 0 saturated heterocycles. The standard InChI is InChI=1S/C25H24BN7O/c1-16-6-4-8-20(29-16)25-24(19-10-11-23-27-15-28-33(23)13-19)30-22(31-25)14-32(26)12-18-7-5-9-21(34-3)17(18)2/h4-11,13,15H,12,14H2,1-3H3,(H,30,31). The summed E-state index contributed by atoms with van der Waals surface area (Å²) >= 11 is 0. The van der Waals surface area contributed by atoms with Gasteiger partial charge in [0.25, 0.3) is 0 Å². The molecule has 0 bridgehead atoms. The molecule has 1 N–H and O–H groups in total. The van der Waals surface area contributed by atoms with Crippen molar-refractivity contribution >= 4 is 13.6 Å².